The third-order valence-corrected chi connectivity index (χ3v) is 2.75. The Morgan fingerprint density at radius 3 is 2.31 bits per heavy atom. The van der Waals surface area contributed by atoms with E-state index in [4.69, 9.17) is 4.55 Å². The molecule has 72 valence electrons. The van der Waals surface area contributed by atoms with Gasteiger partial charge in [-0.2, -0.15) is 8.42 Å². The maximum absolute atomic E-state index is 10.6. The van der Waals surface area contributed by atoms with Gasteiger partial charge < -0.3 is 0 Å². The molecule has 0 aromatic heterocycles. The Morgan fingerprint density at radius 2 is 1.85 bits per heavy atom. The lowest BCUT2D eigenvalue weighted by Crippen LogP contribution is -2.10. The first-order valence-corrected chi connectivity index (χ1v) is 5.60. The van der Waals surface area contributed by atoms with E-state index >= 15 is 0 Å². The third kappa shape index (κ3) is 3.57. The first-order chi connectivity index (χ1) is 5.99. The molecule has 1 rings (SSSR count). The van der Waals surface area contributed by atoms with Crippen LogP contribution in [0.5, 0.6) is 0 Å². The minimum Gasteiger partial charge on any atom is -0.286 e. The molecule has 0 aliphatic carbocycles. The van der Waals surface area contributed by atoms with Gasteiger partial charge in [0.1, 0.15) is 0 Å². The van der Waals surface area contributed by atoms with Gasteiger partial charge in [-0.3, -0.25) is 4.55 Å². The van der Waals surface area contributed by atoms with Gasteiger partial charge in [0.05, 0.1) is 5.75 Å². The molecule has 0 aliphatic rings. The van der Waals surface area contributed by atoms with Crippen LogP contribution < -0.4 is 0 Å². The van der Waals surface area contributed by atoms with Gasteiger partial charge in [0.15, 0.2) is 0 Å². The summed E-state index contributed by atoms with van der Waals surface area (Å²) in [6.45, 7) is 1.77. The van der Waals surface area contributed by atoms with E-state index in [-0.39, 0.29) is 11.7 Å². The van der Waals surface area contributed by atoms with E-state index < -0.39 is 10.1 Å². The predicted octanol–water partition coefficient (Wildman–Crippen LogP) is 1.68. The van der Waals surface area contributed by atoms with E-state index in [0.717, 1.165) is 5.56 Å². The molecule has 1 aromatic rings. The van der Waals surface area contributed by atoms with Gasteiger partial charge in [0, 0.05) is 0 Å². The first kappa shape index (κ1) is 10.2. The van der Waals surface area contributed by atoms with Crippen molar-refractivity contribution >= 4 is 10.1 Å². The average molecular weight is 200 g/mol. The van der Waals surface area contributed by atoms with E-state index in [1.54, 1.807) is 6.92 Å². The van der Waals surface area contributed by atoms with Gasteiger partial charge >= 0.3 is 0 Å². The van der Waals surface area contributed by atoms with E-state index in [9.17, 15) is 8.42 Å². The second-order valence-corrected chi connectivity index (χ2v) is 4.56. The van der Waals surface area contributed by atoms with Crippen molar-refractivity contribution in [1.82, 2.24) is 0 Å². The van der Waals surface area contributed by atoms with Crippen molar-refractivity contribution in [3.8, 4) is 0 Å². The maximum atomic E-state index is 10.6. The molecule has 0 bridgehead atoms. The molecule has 0 radical (unpaired) electrons. The fourth-order valence-corrected chi connectivity index (χ4v) is 2.02. The fourth-order valence-electron chi connectivity index (χ4n) is 1.19. The summed E-state index contributed by atoms with van der Waals surface area (Å²) in [5, 5.41) is 0. The molecule has 0 heterocycles. The average Bonchev–Trinajstić information content (AvgIpc) is 2.03. The standard InChI is InChI=1S/C9H12O3S/c1-8(7-13(10,11)12)9-5-3-2-4-6-9/h2-6,8H,7H2,1H3,(H,10,11,12). The monoisotopic (exact) mass is 200 g/mol. The Balaban J connectivity index is 2.76. The number of hydrogen-bond acceptors (Lipinski definition) is 2. The molecular weight excluding hydrogens is 188 g/mol. The van der Waals surface area contributed by atoms with Crippen LogP contribution in [0.15, 0.2) is 30.3 Å². The van der Waals surface area contributed by atoms with Crippen LogP contribution >= 0.6 is 0 Å². The Morgan fingerprint density at radius 1 is 1.31 bits per heavy atom. The zero-order valence-corrected chi connectivity index (χ0v) is 8.16. The summed E-state index contributed by atoms with van der Waals surface area (Å²) in [4.78, 5) is 0. The lowest BCUT2D eigenvalue weighted by atomic mass is 10.0. The first-order valence-electron chi connectivity index (χ1n) is 3.99. The summed E-state index contributed by atoms with van der Waals surface area (Å²) >= 11 is 0. The van der Waals surface area contributed by atoms with E-state index in [1.807, 2.05) is 30.3 Å². The normalized spacial score (nSPS) is 14.0. The smallest absolute Gasteiger partial charge is 0.265 e. The number of benzene rings is 1. The van der Waals surface area contributed by atoms with Gasteiger partial charge in [-0.05, 0) is 11.5 Å². The zero-order valence-electron chi connectivity index (χ0n) is 7.34. The summed E-state index contributed by atoms with van der Waals surface area (Å²) in [6.07, 6.45) is 0. The molecule has 3 nitrogen and oxygen atoms in total. The van der Waals surface area contributed by atoms with Gasteiger partial charge in [-0.15, -0.1) is 0 Å². The largest absolute Gasteiger partial charge is 0.286 e. The van der Waals surface area contributed by atoms with Crippen LogP contribution in [0.4, 0.5) is 0 Å². The van der Waals surface area contributed by atoms with Crippen molar-refractivity contribution in [3.05, 3.63) is 35.9 Å². The molecule has 0 saturated heterocycles. The van der Waals surface area contributed by atoms with Crippen LogP contribution in [-0.2, 0) is 10.1 Å². The second-order valence-electron chi connectivity index (χ2n) is 3.06. The fraction of sp³-hybridized carbons (Fsp3) is 0.333. The molecule has 1 unspecified atom stereocenters. The SMILES string of the molecule is CC(CS(=O)(=O)O)c1ccccc1. The molecule has 0 amide bonds. The molecule has 4 heteroatoms. The van der Waals surface area contributed by atoms with E-state index in [0.29, 0.717) is 0 Å². The zero-order chi connectivity index (χ0) is 9.90. The molecule has 1 N–H and O–H groups in total. The Kier molecular flexibility index (Phi) is 3.06. The van der Waals surface area contributed by atoms with Crippen molar-refractivity contribution in [2.45, 2.75) is 12.8 Å². The summed E-state index contributed by atoms with van der Waals surface area (Å²) in [7, 11) is -3.87. The molecule has 0 fully saturated rings. The Labute approximate surface area is 78.2 Å². The van der Waals surface area contributed by atoms with Gasteiger partial charge in [-0.1, -0.05) is 37.3 Å². The van der Waals surface area contributed by atoms with Gasteiger partial charge in [-0.25, -0.2) is 0 Å². The number of rotatable bonds is 3. The molecular formula is C9H12O3S. The van der Waals surface area contributed by atoms with Crippen molar-refractivity contribution in [3.63, 3.8) is 0 Å². The Bertz CT molecular complexity index is 356. The van der Waals surface area contributed by atoms with Crippen LogP contribution in [0.1, 0.15) is 18.4 Å². The predicted molar refractivity (Wildman–Crippen MR) is 51.3 cm³/mol. The topological polar surface area (TPSA) is 54.4 Å². The number of hydrogen-bond donors (Lipinski definition) is 1. The third-order valence-electron chi connectivity index (χ3n) is 1.83. The van der Waals surface area contributed by atoms with E-state index in [1.165, 1.54) is 0 Å². The molecule has 0 aliphatic heterocycles. The lowest BCUT2D eigenvalue weighted by Gasteiger charge is -2.08. The molecule has 1 aromatic carbocycles. The minimum absolute atomic E-state index is 0.170. The molecule has 1 atom stereocenters. The summed E-state index contributed by atoms with van der Waals surface area (Å²) < 4.78 is 29.8. The molecule has 13 heavy (non-hydrogen) atoms. The summed E-state index contributed by atoms with van der Waals surface area (Å²) in [6, 6.07) is 9.24. The quantitative estimate of drug-likeness (QED) is 0.755. The summed E-state index contributed by atoms with van der Waals surface area (Å²) in [5.41, 5.74) is 0.917. The minimum atomic E-state index is -3.87. The van der Waals surface area contributed by atoms with Crippen LogP contribution in [0.2, 0.25) is 0 Å². The molecule has 0 spiro atoms. The van der Waals surface area contributed by atoms with Crippen LogP contribution in [0.25, 0.3) is 0 Å². The molecule has 0 saturated carbocycles. The van der Waals surface area contributed by atoms with Crippen molar-refractivity contribution < 1.29 is 13.0 Å². The van der Waals surface area contributed by atoms with Crippen LogP contribution in [0.3, 0.4) is 0 Å². The second kappa shape index (κ2) is 3.89. The summed E-state index contributed by atoms with van der Waals surface area (Å²) in [5.74, 6) is -0.395. The van der Waals surface area contributed by atoms with Crippen LogP contribution in [-0.4, -0.2) is 18.7 Å². The maximum Gasteiger partial charge on any atom is 0.265 e. The van der Waals surface area contributed by atoms with E-state index in [2.05, 4.69) is 0 Å². The van der Waals surface area contributed by atoms with Crippen molar-refractivity contribution in [2.75, 3.05) is 5.75 Å². The highest BCUT2D eigenvalue weighted by molar-refractivity contribution is 7.85. The van der Waals surface area contributed by atoms with Crippen molar-refractivity contribution in [1.29, 1.82) is 0 Å². The van der Waals surface area contributed by atoms with Crippen LogP contribution in [0, 0.1) is 0 Å². The highest BCUT2D eigenvalue weighted by Gasteiger charge is 2.13. The Hall–Kier alpha value is -0.870. The lowest BCUT2D eigenvalue weighted by molar-refractivity contribution is 0.479. The highest BCUT2D eigenvalue weighted by atomic mass is 32.2. The van der Waals surface area contributed by atoms with Gasteiger partial charge in [0.25, 0.3) is 10.1 Å². The van der Waals surface area contributed by atoms with Gasteiger partial charge in [0.2, 0.25) is 0 Å². The highest BCUT2D eigenvalue weighted by Crippen LogP contribution is 2.15. The van der Waals surface area contributed by atoms with Crippen molar-refractivity contribution in [2.24, 2.45) is 0 Å².